The van der Waals surface area contributed by atoms with Crippen molar-refractivity contribution in [1.82, 2.24) is 4.90 Å². The Kier molecular flexibility index (Phi) is 6.28. The highest BCUT2D eigenvalue weighted by Gasteiger charge is 2.27. The monoisotopic (exact) mass is 266 g/mol. The summed E-state index contributed by atoms with van der Waals surface area (Å²) in [7, 11) is 3.75. The molecule has 108 valence electrons. The summed E-state index contributed by atoms with van der Waals surface area (Å²) in [5.41, 5.74) is 7.00. The van der Waals surface area contributed by atoms with Gasteiger partial charge in [-0.15, -0.1) is 0 Å². The summed E-state index contributed by atoms with van der Waals surface area (Å²) >= 11 is 0. The molecular weight excluding hydrogens is 240 g/mol. The highest BCUT2D eigenvalue weighted by Crippen LogP contribution is 2.18. The average Bonchev–Trinajstić information content (AvgIpc) is 2.45. The van der Waals surface area contributed by atoms with E-state index in [1.165, 1.54) is 5.56 Å². The summed E-state index contributed by atoms with van der Waals surface area (Å²) in [6.07, 6.45) is 0. The summed E-state index contributed by atoms with van der Waals surface area (Å²) in [5.74, 6) is 0.877. The van der Waals surface area contributed by atoms with Gasteiger partial charge in [0.15, 0.2) is 0 Å². The van der Waals surface area contributed by atoms with E-state index in [1.807, 2.05) is 19.1 Å². The maximum absolute atomic E-state index is 5.91. The van der Waals surface area contributed by atoms with Crippen molar-refractivity contribution < 1.29 is 9.47 Å². The van der Waals surface area contributed by atoms with Crippen LogP contribution in [0.2, 0.25) is 0 Å². The van der Waals surface area contributed by atoms with E-state index in [1.54, 1.807) is 7.11 Å². The number of hydrogen-bond donors (Lipinski definition) is 1. The van der Waals surface area contributed by atoms with Crippen LogP contribution in [0.15, 0.2) is 24.3 Å². The fraction of sp³-hybridized carbons (Fsp3) is 0.600. The molecule has 1 aromatic carbocycles. The van der Waals surface area contributed by atoms with Crippen molar-refractivity contribution in [2.24, 2.45) is 5.73 Å². The number of methoxy groups -OCH3 is 1. The van der Waals surface area contributed by atoms with Crippen molar-refractivity contribution in [2.45, 2.75) is 25.9 Å². The van der Waals surface area contributed by atoms with Crippen LogP contribution in [0.25, 0.3) is 0 Å². The summed E-state index contributed by atoms with van der Waals surface area (Å²) in [6.45, 7) is 6.90. The quantitative estimate of drug-likeness (QED) is 0.780. The first-order chi connectivity index (χ1) is 9.05. The molecule has 4 nitrogen and oxygen atoms in total. The fourth-order valence-electron chi connectivity index (χ4n) is 1.84. The van der Waals surface area contributed by atoms with Crippen LogP contribution in [-0.4, -0.2) is 44.4 Å². The van der Waals surface area contributed by atoms with Gasteiger partial charge in [-0.3, -0.25) is 4.90 Å². The molecule has 0 aliphatic carbocycles. The summed E-state index contributed by atoms with van der Waals surface area (Å²) < 4.78 is 10.7. The number of ether oxygens (including phenoxy) is 2. The maximum atomic E-state index is 5.91. The molecule has 0 amide bonds. The van der Waals surface area contributed by atoms with Crippen LogP contribution < -0.4 is 10.5 Å². The molecule has 0 spiro atoms. The standard InChI is InChI=1S/C15H26N2O2/c1-5-19-12-15(2,11-16)17(3)10-13-6-8-14(18-4)9-7-13/h6-9H,5,10-12,16H2,1-4H3. The van der Waals surface area contributed by atoms with Gasteiger partial charge in [-0.25, -0.2) is 0 Å². The van der Waals surface area contributed by atoms with E-state index in [0.717, 1.165) is 12.3 Å². The molecule has 0 heterocycles. The molecule has 0 bridgehead atoms. The Morgan fingerprint density at radius 2 is 1.89 bits per heavy atom. The molecule has 0 aromatic heterocycles. The van der Waals surface area contributed by atoms with E-state index in [4.69, 9.17) is 15.2 Å². The van der Waals surface area contributed by atoms with Gasteiger partial charge in [-0.05, 0) is 38.6 Å². The molecule has 0 fully saturated rings. The Balaban J connectivity index is 2.67. The molecule has 1 atom stereocenters. The minimum absolute atomic E-state index is 0.143. The largest absolute Gasteiger partial charge is 0.497 e. The fourth-order valence-corrected chi connectivity index (χ4v) is 1.84. The van der Waals surface area contributed by atoms with Gasteiger partial charge >= 0.3 is 0 Å². The molecule has 1 unspecified atom stereocenters. The average molecular weight is 266 g/mol. The lowest BCUT2D eigenvalue weighted by Crippen LogP contribution is -2.52. The number of rotatable bonds is 8. The van der Waals surface area contributed by atoms with Gasteiger partial charge in [0, 0.05) is 19.7 Å². The maximum Gasteiger partial charge on any atom is 0.118 e. The van der Waals surface area contributed by atoms with Crippen LogP contribution >= 0.6 is 0 Å². The number of hydrogen-bond acceptors (Lipinski definition) is 4. The van der Waals surface area contributed by atoms with Crippen LogP contribution in [0.3, 0.4) is 0 Å². The lowest BCUT2D eigenvalue weighted by Gasteiger charge is -2.37. The minimum Gasteiger partial charge on any atom is -0.497 e. The van der Waals surface area contributed by atoms with E-state index < -0.39 is 0 Å². The van der Waals surface area contributed by atoms with Crippen LogP contribution in [0.1, 0.15) is 19.4 Å². The topological polar surface area (TPSA) is 47.7 Å². The van der Waals surface area contributed by atoms with Gasteiger partial charge in [-0.2, -0.15) is 0 Å². The second-order valence-electron chi connectivity index (χ2n) is 5.04. The smallest absolute Gasteiger partial charge is 0.118 e. The van der Waals surface area contributed by atoms with Gasteiger partial charge in [0.05, 0.1) is 19.3 Å². The van der Waals surface area contributed by atoms with E-state index in [9.17, 15) is 0 Å². The zero-order valence-electron chi connectivity index (χ0n) is 12.5. The highest BCUT2D eigenvalue weighted by molar-refractivity contribution is 5.27. The lowest BCUT2D eigenvalue weighted by molar-refractivity contribution is 0.0202. The lowest BCUT2D eigenvalue weighted by atomic mass is 10.0. The molecule has 1 rings (SSSR count). The van der Waals surface area contributed by atoms with Crippen LogP contribution in [0.4, 0.5) is 0 Å². The van der Waals surface area contributed by atoms with Crippen LogP contribution in [0.5, 0.6) is 5.75 Å². The third kappa shape index (κ3) is 4.49. The van der Waals surface area contributed by atoms with Gasteiger partial charge in [0.25, 0.3) is 0 Å². The second kappa shape index (κ2) is 7.48. The molecule has 4 heteroatoms. The first-order valence-electron chi connectivity index (χ1n) is 6.67. The van der Waals surface area contributed by atoms with E-state index in [2.05, 4.69) is 31.0 Å². The number of likely N-dealkylation sites (N-methyl/N-ethyl adjacent to an activating group) is 1. The first kappa shape index (κ1) is 16.0. The summed E-state index contributed by atoms with van der Waals surface area (Å²) in [4.78, 5) is 2.24. The zero-order valence-corrected chi connectivity index (χ0v) is 12.5. The predicted octanol–water partition coefficient (Wildman–Crippen LogP) is 1.88. The van der Waals surface area contributed by atoms with Crippen molar-refractivity contribution in [3.8, 4) is 5.75 Å². The zero-order chi connectivity index (χ0) is 14.3. The predicted molar refractivity (Wildman–Crippen MR) is 78.4 cm³/mol. The third-order valence-corrected chi connectivity index (χ3v) is 3.56. The van der Waals surface area contributed by atoms with Gasteiger partial charge in [-0.1, -0.05) is 12.1 Å². The number of nitrogens with zero attached hydrogens (tertiary/aromatic N) is 1. The molecule has 0 saturated heterocycles. The highest BCUT2D eigenvalue weighted by atomic mass is 16.5. The third-order valence-electron chi connectivity index (χ3n) is 3.56. The van der Waals surface area contributed by atoms with Gasteiger partial charge in [0.1, 0.15) is 5.75 Å². The Labute approximate surface area is 116 Å². The van der Waals surface area contributed by atoms with Gasteiger partial charge < -0.3 is 15.2 Å². The number of benzene rings is 1. The Hall–Kier alpha value is -1.10. The molecule has 0 aliphatic heterocycles. The van der Waals surface area contributed by atoms with Crippen LogP contribution in [0, 0.1) is 0 Å². The molecule has 0 aliphatic rings. The van der Waals surface area contributed by atoms with Crippen molar-refractivity contribution in [3.63, 3.8) is 0 Å². The first-order valence-corrected chi connectivity index (χ1v) is 6.67. The molecular formula is C15H26N2O2. The van der Waals surface area contributed by atoms with Crippen molar-refractivity contribution >= 4 is 0 Å². The summed E-state index contributed by atoms with van der Waals surface area (Å²) in [5, 5.41) is 0. The molecule has 0 radical (unpaired) electrons. The van der Waals surface area contributed by atoms with Crippen molar-refractivity contribution in [3.05, 3.63) is 29.8 Å². The summed E-state index contributed by atoms with van der Waals surface area (Å²) in [6, 6.07) is 8.11. The van der Waals surface area contributed by atoms with Crippen molar-refractivity contribution in [2.75, 3.05) is 33.9 Å². The molecule has 19 heavy (non-hydrogen) atoms. The van der Waals surface area contributed by atoms with E-state index in [-0.39, 0.29) is 5.54 Å². The molecule has 1 aromatic rings. The van der Waals surface area contributed by atoms with Crippen LogP contribution in [-0.2, 0) is 11.3 Å². The Morgan fingerprint density at radius 3 is 2.37 bits per heavy atom. The van der Waals surface area contributed by atoms with Crippen molar-refractivity contribution in [1.29, 1.82) is 0 Å². The second-order valence-corrected chi connectivity index (χ2v) is 5.04. The van der Waals surface area contributed by atoms with E-state index in [0.29, 0.717) is 19.8 Å². The number of nitrogens with two attached hydrogens (primary N) is 1. The normalized spacial score (nSPS) is 14.4. The molecule has 2 N–H and O–H groups in total. The van der Waals surface area contributed by atoms with E-state index >= 15 is 0 Å². The Morgan fingerprint density at radius 1 is 1.26 bits per heavy atom. The van der Waals surface area contributed by atoms with Gasteiger partial charge in [0.2, 0.25) is 0 Å². The SMILES string of the molecule is CCOCC(C)(CN)N(C)Cc1ccc(OC)cc1. The molecule has 0 saturated carbocycles. The minimum atomic E-state index is -0.143. The Bertz CT molecular complexity index is 367.